The number of nitrogens with one attached hydrogen (secondary N) is 1. The third-order valence-corrected chi connectivity index (χ3v) is 2.82. The van der Waals surface area contributed by atoms with Crippen molar-refractivity contribution in [3.8, 4) is 0 Å². The summed E-state index contributed by atoms with van der Waals surface area (Å²) in [4.78, 5) is 0. The molecular formula is C11H20ClN3O. The molecule has 1 aromatic rings. The Balaban J connectivity index is 2.85. The van der Waals surface area contributed by atoms with Crippen LogP contribution in [0.3, 0.4) is 0 Å². The molecule has 0 aliphatic heterocycles. The Labute approximate surface area is 102 Å². The molecule has 0 saturated heterocycles. The fourth-order valence-electron chi connectivity index (χ4n) is 1.76. The first-order valence-electron chi connectivity index (χ1n) is 5.68. The summed E-state index contributed by atoms with van der Waals surface area (Å²) in [7, 11) is 1.69. The Hall–Kier alpha value is -0.580. The lowest BCUT2D eigenvalue weighted by atomic mass is 10.1. The smallest absolute Gasteiger partial charge is 0.0834 e. The first-order chi connectivity index (χ1) is 7.74. The van der Waals surface area contributed by atoms with Gasteiger partial charge in [-0.2, -0.15) is 5.10 Å². The molecule has 16 heavy (non-hydrogen) atoms. The van der Waals surface area contributed by atoms with Gasteiger partial charge in [0.1, 0.15) is 0 Å². The Morgan fingerprint density at radius 2 is 2.31 bits per heavy atom. The van der Waals surface area contributed by atoms with Crippen molar-refractivity contribution >= 4 is 11.6 Å². The van der Waals surface area contributed by atoms with Crippen LogP contribution in [0.1, 0.15) is 32.0 Å². The zero-order chi connectivity index (χ0) is 12.0. The zero-order valence-electron chi connectivity index (χ0n) is 10.2. The van der Waals surface area contributed by atoms with Crippen molar-refractivity contribution in [2.75, 3.05) is 20.3 Å². The molecular weight excluding hydrogens is 226 g/mol. The van der Waals surface area contributed by atoms with Gasteiger partial charge in [0, 0.05) is 7.11 Å². The predicted molar refractivity (Wildman–Crippen MR) is 65.8 cm³/mol. The van der Waals surface area contributed by atoms with Gasteiger partial charge >= 0.3 is 0 Å². The van der Waals surface area contributed by atoms with Gasteiger partial charge in [-0.25, -0.2) is 0 Å². The van der Waals surface area contributed by atoms with Gasteiger partial charge in [-0.15, -0.1) is 0 Å². The number of hydrogen-bond donors (Lipinski definition) is 1. The molecule has 0 aliphatic carbocycles. The molecule has 4 nitrogen and oxygen atoms in total. The molecule has 0 radical (unpaired) electrons. The number of methoxy groups -OCH3 is 1. The predicted octanol–water partition coefficient (Wildman–Crippen LogP) is 2.24. The van der Waals surface area contributed by atoms with E-state index in [0.717, 1.165) is 30.2 Å². The van der Waals surface area contributed by atoms with E-state index in [4.69, 9.17) is 16.3 Å². The third kappa shape index (κ3) is 3.20. The summed E-state index contributed by atoms with van der Waals surface area (Å²) in [6, 6.07) is 0.261. The van der Waals surface area contributed by atoms with Gasteiger partial charge < -0.3 is 10.1 Å². The molecule has 0 fully saturated rings. The molecule has 0 spiro atoms. The fraction of sp³-hybridized carbons (Fsp3) is 0.727. The molecule has 1 aromatic heterocycles. The number of halogens is 1. The standard InChI is InChI=1S/C11H20ClN3O/c1-4-10(13-5-2)11-9(12)8-14-15(11)6-7-16-3/h8,10,13H,4-7H2,1-3H3. The second-order valence-corrected chi connectivity index (χ2v) is 4.02. The van der Waals surface area contributed by atoms with E-state index in [1.807, 2.05) is 4.68 Å². The summed E-state index contributed by atoms with van der Waals surface area (Å²) in [5.41, 5.74) is 1.06. The van der Waals surface area contributed by atoms with Crippen molar-refractivity contribution in [3.63, 3.8) is 0 Å². The van der Waals surface area contributed by atoms with Crippen molar-refractivity contribution in [1.82, 2.24) is 15.1 Å². The van der Waals surface area contributed by atoms with Crippen LogP contribution in [0.2, 0.25) is 5.02 Å². The van der Waals surface area contributed by atoms with E-state index in [-0.39, 0.29) is 6.04 Å². The molecule has 0 saturated carbocycles. The van der Waals surface area contributed by atoms with Crippen LogP contribution < -0.4 is 5.32 Å². The topological polar surface area (TPSA) is 39.1 Å². The summed E-state index contributed by atoms with van der Waals surface area (Å²) in [5.74, 6) is 0. The molecule has 0 bridgehead atoms. The highest BCUT2D eigenvalue weighted by molar-refractivity contribution is 6.31. The molecule has 0 aliphatic rings. The van der Waals surface area contributed by atoms with E-state index in [9.17, 15) is 0 Å². The molecule has 0 amide bonds. The molecule has 1 rings (SSSR count). The molecule has 92 valence electrons. The average Bonchev–Trinajstić information content (AvgIpc) is 2.65. The minimum atomic E-state index is 0.261. The number of rotatable bonds is 7. The third-order valence-electron chi connectivity index (χ3n) is 2.53. The summed E-state index contributed by atoms with van der Waals surface area (Å²) < 4.78 is 6.98. The molecule has 5 heteroatoms. The Kier molecular flexibility index (Phi) is 5.80. The summed E-state index contributed by atoms with van der Waals surface area (Å²) >= 11 is 6.17. The van der Waals surface area contributed by atoms with Crippen molar-refractivity contribution in [2.45, 2.75) is 32.9 Å². The van der Waals surface area contributed by atoms with Crippen LogP contribution in [-0.2, 0) is 11.3 Å². The van der Waals surface area contributed by atoms with Crippen LogP contribution in [0.5, 0.6) is 0 Å². The largest absolute Gasteiger partial charge is 0.383 e. The quantitative estimate of drug-likeness (QED) is 0.801. The van der Waals surface area contributed by atoms with Gasteiger partial charge in [0.05, 0.1) is 36.1 Å². The van der Waals surface area contributed by atoms with E-state index in [1.54, 1.807) is 13.3 Å². The van der Waals surface area contributed by atoms with E-state index in [2.05, 4.69) is 24.3 Å². The van der Waals surface area contributed by atoms with Gasteiger partial charge in [0.2, 0.25) is 0 Å². The maximum Gasteiger partial charge on any atom is 0.0834 e. The fourth-order valence-corrected chi connectivity index (χ4v) is 2.03. The normalized spacial score (nSPS) is 13.0. The van der Waals surface area contributed by atoms with E-state index < -0.39 is 0 Å². The van der Waals surface area contributed by atoms with Crippen LogP contribution in [0.4, 0.5) is 0 Å². The van der Waals surface area contributed by atoms with E-state index in [1.165, 1.54) is 0 Å². The molecule has 1 heterocycles. The molecule has 1 atom stereocenters. The Bertz CT molecular complexity index is 314. The summed E-state index contributed by atoms with van der Waals surface area (Å²) in [6.45, 7) is 6.53. The SMILES string of the molecule is CCNC(CC)c1c(Cl)cnn1CCOC. The average molecular weight is 246 g/mol. The monoisotopic (exact) mass is 245 g/mol. The lowest BCUT2D eigenvalue weighted by Gasteiger charge is -2.18. The Morgan fingerprint density at radius 1 is 1.56 bits per heavy atom. The van der Waals surface area contributed by atoms with Crippen molar-refractivity contribution < 1.29 is 4.74 Å². The number of nitrogens with zero attached hydrogens (tertiary/aromatic N) is 2. The molecule has 1 N–H and O–H groups in total. The van der Waals surface area contributed by atoms with Crippen LogP contribution in [0.25, 0.3) is 0 Å². The number of hydrogen-bond acceptors (Lipinski definition) is 3. The first-order valence-corrected chi connectivity index (χ1v) is 6.05. The van der Waals surface area contributed by atoms with Crippen molar-refractivity contribution in [1.29, 1.82) is 0 Å². The molecule has 1 unspecified atom stereocenters. The van der Waals surface area contributed by atoms with Gasteiger partial charge in [-0.05, 0) is 13.0 Å². The second kappa shape index (κ2) is 6.89. The minimum Gasteiger partial charge on any atom is -0.383 e. The zero-order valence-corrected chi connectivity index (χ0v) is 10.9. The van der Waals surface area contributed by atoms with Crippen LogP contribution in [0, 0.1) is 0 Å². The van der Waals surface area contributed by atoms with Crippen molar-refractivity contribution in [2.24, 2.45) is 0 Å². The highest BCUT2D eigenvalue weighted by Crippen LogP contribution is 2.24. The molecule has 0 aromatic carbocycles. The van der Waals surface area contributed by atoms with Crippen LogP contribution >= 0.6 is 11.6 Å². The Morgan fingerprint density at radius 3 is 2.88 bits per heavy atom. The van der Waals surface area contributed by atoms with Gasteiger partial charge in [0.25, 0.3) is 0 Å². The van der Waals surface area contributed by atoms with Gasteiger partial charge in [0.15, 0.2) is 0 Å². The summed E-state index contributed by atoms with van der Waals surface area (Å²) in [5, 5.41) is 8.40. The maximum atomic E-state index is 6.17. The highest BCUT2D eigenvalue weighted by atomic mass is 35.5. The highest BCUT2D eigenvalue weighted by Gasteiger charge is 2.17. The van der Waals surface area contributed by atoms with E-state index in [0.29, 0.717) is 6.61 Å². The number of aromatic nitrogens is 2. The minimum absolute atomic E-state index is 0.261. The van der Waals surface area contributed by atoms with Gasteiger partial charge in [-0.3, -0.25) is 4.68 Å². The van der Waals surface area contributed by atoms with Gasteiger partial charge in [-0.1, -0.05) is 25.4 Å². The first kappa shape index (κ1) is 13.5. The van der Waals surface area contributed by atoms with Crippen LogP contribution in [0.15, 0.2) is 6.20 Å². The number of ether oxygens (including phenoxy) is 1. The maximum absolute atomic E-state index is 6.17. The lowest BCUT2D eigenvalue weighted by molar-refractivity contribution is 0.181. The van der Waals surface area contributed by atoms with E-state index >= 15 is 0 Å². The second-order valence-electron chi connectivity index (χ2n) is 3.61. The lowest BCUT2D eigenvalue weighted by Crippen LogP contribution is -2.24. The van der Waals surface area contributed by atoms with Crippen molar-refractivity contribution in [3.05, 3.63) is 16.9 Å². The summed E-state index contributed by atoms with van der Waals surface area (Å²) in [6.07, 6.45) is 2.69. The van der Waals surface area contributed by atoms with Crippen LogP contribution in [-0.4, -0.2) is 30.0 Å².